The highest BCUT2D eigenvalue weighted by Gasteiger charge is 2.42. The van der Waals surface area contributed by atoms with Crippen LogP contribution in [0.5, 0.6) is 5.75 Å². The highest BCUT2D eigenvalue weighted by molar-refractivity contribution is 14.1. The van der Waals surface area contributed by atoms with E-state index in [2.05, 4.69) is 48.7 Å². The zero-order valence-corrected chi connectivity index (χ0v) is 27.2. The molecule has 2 fully saturated rings. The summed E-state index contributed by atoms with van der Waals surface area (Å²) in [6.45, 7) is 7.43. The summed E-state index contributed by atoms with van der Waals surface area (Å²) in [6.07, 6.45) is 4.63. The van der Waals surface area contributed by atoms with Crippen molar-refractivity contribution in [3.8, 4) is 5.75 Å². The average Bonchev–Trinajstić information content (AvgIpc) is 3.49. The molecule has 0 unspecified atom stereocenters. The van der Waals surface area contributed by atoms with Crippen LogP contribution in [0.1, 0.15) is 59.3 Å². The Morgan fingerprint density at radius 2 is 2.00 bits per heavy atom. The summed E-state index contributed by atoms with van der Waals surface area (Å²) in [5, 5.41) is 23.7. The van der Waals surface area contributed by atoms with E-state index >= 15 is 0 Å². The summed E-state index contributed by atoms with van der Waals surface area (Å²) < 4.78 is 19.4. The van der Waals surface area contributed by atoms with Gasteiger partial charge in [-0.1, -0.05) is 39.3 Å². The van der Waals surface area contributed by atoms with Gasteiger partial charge in [-0.15, -0.1) is 0 Å². The third-order valence-corrected chi connectivity index (χ3v) is 9.73. The Bertz CT molecular complexity index is 1080. The molecule has 0 spiro atoms. The Balaban J connectivity index is 1.58. The lowest BCUT2D eigenvalue weighted by molar-refractivity contribution is -0.150. The number of para-hydroxylation sites is 1. The fourth-order valence-electron chi connectivity index (χ4n) is 6.46. The minimum absolute atomic E-state index is 0.00881. The second-order valence-electron chi connectivity index (χ2n) is 12.3. The minimum atomic E-state index is -1.08. The largest absolute Gasteiger partial charge is 0.482 e. The molecule has 42 heavy (non-hydrogen) atoms. The third-order valence-electron chi connectivity index (χ3n) is 8.84. The lowest BCUT2D eigenvalue weighted by atomic mass is 9.75. The Kier molecular flexibility index (Phi) is 12.5. The predicted molar refractivity (Wildman–Crippen MR) is 168 cm³/mol. The molecule has 3 N–H and O–H groups in total. The summed E-state index contributed by atoms with van der Waals surface area (Å²) in [4.78, 5) is 28.7. The van der Waals surface area contributed by atoms with Crippen molar-refractivity contribution in [2.75, 3.05) is 32.9 Å². The van der Waals surface area contributed by atoms with Crippen LogP contribution in [-0.2, 0) is 19.1 Å². The minimum Gasteiger partial charge on any atom is -0.482 e. The van der Waals surface area contributed by atoms with Gasteiger partial charge in [-0.2, -0.15) is 0 Å². The first kappa shape index (κ1) is 33.2. The zero-order chi connectivity index (χ0) is 30.2. The molecule has 0 aromatic heterocycles. The van der Waals surface area contributed by atoms with Crippen LogP contribution in [0.4, 0.5) is 0 Å². The fraction of sp³-hybridized carbons (Fsp3) is 0.688. The number of aliphatic hydroxyl groups excluding tert-OH is 2. The number of carbonyl (C=O) groups is 2. The molecular formula is C32H47IN2O7. The van der Waals surface area contributed by atoms with Crippen LogP contribution in [0.3, 0.4) is 0 Å². The second-order valence-corrected chi connectivity index (χ2v) is 13.5. The van der Waals surface area contributed by atoms with E-state index in [9.17, 15) is 19.8 Å². The maximum atomic E-state index is 14.0. The summed E-state index contributed by atoms with van der Waals surface area (Å²) in [7, 11) is 0. The Hall–Kier alpha value is -1.73. The smallest absolute Gasteiger partial charge is 0.249 e. The van der Waals surface area contributed by atoms with Gasteiger partial charge in [0.15, 0.2) is 0 Å². The standard InChI is InChI=1S/C32H47IN2O7/c1-20(2)24-11-10-21(3)15-28(24)41-19-30(37)35(18-23-7-6-14-40-23)26-16-22(32(39)34-12-13-36)17-29(31(26)38)42-27-9-5-4-8-25(27)33/h4-5,8-9,17,20-21,23-24,26,28-29,31,36,38H,6-7,10-16,18-19H2,1-3H3,(H,34,39)/t21-,23+,24+,26+,28-,29-,31-/m0/s1. The van der Waals surface area contributed by atoms with Gasteiger partial charge in [0, 0.05) is 31.7 Å². The number of benzene rings is 1. The van der Waals surface area contributed by atoms with Crippen molar-refractivity contribution < 1.29 is 34.0 Å². The highest BCUT2D eigenvalue weighted by atomic mass is 127. The summed E-state index contributed by atoms with van der Waals surface area (Å²) in [5.74, 6) is 1.42. The van der Waals surface area contributed by atoms with Crippen molar-refractivity contribution in [1.82, 2.24) is 10.2 Å². The Morgan fingerprint density at radius 1 is 1.21 bits per heavy atom. The highest BCUT2D eigenvalue weighted by Crippen LogP contribution is 2.36. The van der Waals surface area contributed by atoms with Crippen molar-refractivity contribution in [1.29, 1.82) is 0 Å². The Morgan fingerprint density at radius 3 is 2.69 bits per heavy atom. The monoisotopic (exact) mass is 698 g/mol. The van der Waals surface area contributed by atoms with Crippen molar-refractivity contribution in [2.45, 2.75) is 89.8 Å². The van der Waals surface area contributed by atoms with Gasteiger partial charge < -0.3 is 34.6 Å². The maximum absolute atomic E-state index is 14.0. The molecule has 234 valence electrons. The number of amides is 2. The third kappa shape index (κ3) is 8.68. The molecule has 1 aromatic carbocycles. The molecule has 1 saturated heterocycles. The van der Waals surface area contributed by atoms with Gasteiger partial charge in [-0.05, 0) is 84.2 Å². The van der Waals surface area contributed by atoms with Crippen LogP contribution >= 0.6 is 22.6 Å². The number of hydrogen-bond donors (Lipinski definition) is 3. The lowest BCUT2D eigenvalue weighted by Gasteiger charge is -2.42. The first-order chi connectivity index (χ1) is 20.2. The number of ether oxygens (including phenoxy) is 3. The molecule has 1 saturated carbocycles. The molecule has 3 aliphatic rings. The van der Waals surface area contributed by atoms with Crippen LogP contribution < -0.4 is 10.1 Å². The van der Waals surface area contributed by atoms with Gasteiger partial charge in [0.05, 0.1) is 28.4 Å². The maximum Gasteiger partial charge on any atom is 0.249 e. The van der Waals surface area contributed by atoms with E-state index in [1.54, 1.807) is 11.0 Å². The molecule has 9 nitrogen and oxygen atoms in total. The number of aliphatic hydroxyl groups is 2. The van der Waals surface area contributed by atoms with Crippen molar-refractivity contribution in [2.24, 2.45) is 17.8 Å². The molecule has 2 aliphatic carbocycles. The number of carbonyl (C=O) groups excluding carboxylic acids is 2. The van der Waals surface area contributed by atoms with Crippen molar-refractivity contribution in [3.63, 3.8) is 0 Å². The van der Waals surface area contributed by atoms with Crippen LogP contribution in [0.15, 0.2) is 35.9 Å². The molecule has 0 radical (unpaired) electrons. The van der Waals surface area contributed by atoms with Crippen molar-refractivity contribution >= 4 is 34.4 Å². The first-order valence-corrected chi connectivity index (χ1v) is 16.5. The van der Waals surface area contributed by atoms with Crippen LogP contribution in [0.25, 0.3) is 0 Å². The Labute approximate surface area is 263 Å². The van der Waals surface area contributed by atoms with E-state index in [4.69, 9.17) is 14.2 Å². The average molecular weight is 699 g/mol. The number of hydrogen-bond acceptors (Lipinski definition) is 7. The normalized spacial score (nSPS) is 29.7. The van der Waals surface area contributed by atoms with E-state index in [1.165, 1.54) is 6.42 Å². The number of nitrogens with zero attached hydrogens (tertiary/aromatic N) is 1. The van der Waals surface area contributed by atoms with Gasteiger partial charge in [0.25, 0.3) is 0 Å². The van der Waals surface area contributed by atoms with Crippen LogP contribution in [-0.4, -0.2) is 90.3 Å². The molecule has 7 atom stereocenters. The van der Waals surface area contributed by atoms with Crippen LogP contribution in [0.2, 0.25) is 0 Å². The van der Waals surface area contributed by atoms with Crippen molar-refractivity contribution in [3.05, 3.63) is 39.5 Å². The predicted octanol–water partition coefficient (Wildman–Crippen LogP) is 3.69. The van der Waals surface area contributed by atoms with E-state index in [0.29, 0.717) is 42.2 Å². The van der Waals surface area contributed by atoms with E-state index in [1.807, 2.05) is 24.3 Å². The van der Waals surface area contributed by atoms with Gasteiger partial charge in [0.2, 0.25) is 11.8 Å². The topological polar surface area (TPSA) is 118 Å². The molecule has 0 bridgehead atoms. The van der Waals surface area contributed by atoms with E-state index < -0.39 is 18.2 Å². The first-order valence-electron chi connectivity index (χ1n) is 15.4. The van der Waals surface area contributed by atoms with E-state index in [0.717, 1.165) is 29.3 Å². The number of halogens is 1. The van der Waals surface area contributed by atoms with Gasteiger partial charge in [0.1, 0.15) is 24.6 Å². The molecule has 10 heteroatoms. The quantitative estimate of drug-likeness (QED) is 0.285. The lowest BCUT2D eigenvalue weighted by Crippen LogP contribution is -2.57. The second kappa shape index (κ2) is 15.8. The summed E-state index contributed by atoms with van der Waals surface area (Å²) in [6, 6.07) is 6.75. The fourth-order valence-corrected chi connectivity index (χ4v) is 6.98. The molecular weight excluding hydrogens is 651 g/mol. The molecule has 1 aliphatic heterocycles. The molecule has 4 rings (SSSR count). The molecule has 1 aromatic rings. The number of nitrogens with one attached hydrogen (secondary N) is 1. The SMILES string of the molecule is CC(C)[C@H]1CC[C@H](C)C[C@@H]1OCC(=O)N(C[C@H]1CCCO1)[C@@H]1CC(C(=O)NCCO)=C[C@H](Oc2ccccc2I)[C@H]1O. The van der Waals surface area contributed by atoms with Gasteiger partial charge >= 0.3 is 0 Å². The summed E-state index contributed by atoms with van der Waals surface area (Å²) >= 11 is 2.17. The van der Waals surface area contributed by atoms with E-state index in [-0.39, 0.29) is 50.2 Å². The van der Waals surface area contributed by atoms with Gasteiger partial charge in [-0.3, -0.25) is 9.59 Å². The number of rotatable bonds is 12. The zero-order valence-electron chi connectivity index (χ0n) is 25.0. The van der Waals surface area contributed by atoms with Gasteiger partial charge in [-0.25, -0.2) is 0 Å². The molecule has 1 heterocycles. The summed E-state index contributed by atoms with van der Waals surface area (Å²) in [5.41, 5.74) is 0.404. The molecule has 2 amide bonds. The van der Waals surface area contributed by atoms with Crippen LogP contribution in [0, 0.1) is 21.3 Å².